The topological polar surface area (TPSA) is 43.8 Å². The summed E-state index contributed by atoms with van der Waals surface area (Å²) in [5, 5.41) is 4.40. The van der Waals surface area contributed by atoms with Crippen molar-refractivity contribution in [3.63, 3.8) is 0 Å². The normalized spacial score (nSPS) is 10.8. The van der Waals surface area contributed by atoms with E-state index in [9.17, 15) is 4.39 Å². The van der Waals surface area contributed by atoms with Gasteiger partial charge in [-0.15, -0.1) is 0 Å². The smallest absolute Gasteiger partial charge is 0.150 e. The van der Waals surface area contributed by atoms with Gasteiger partial charge in [0.2, 0.25) is 0 Å². The summed E-state index contributed by atoms with van der Waals surface area (Å²) in [4.78, 5) is 0. The Morgan fingerprint density at radius 3 is 2.59 bits per heavy atom. The number of nitrogens with two attached hydrogens (primary N) is 1. The Morgan fingerprint density at radius 2 is 2.00 bits per heavy atom. The molecular formula is C13H16FN3. The Kier molecular flexibility index (Phi) is 3.13. The van der Waals surface area contributed by atoms with Gasteiger partial charge in [0.15, 0.2) is 5.82 Å². The lowest BCUT2D eigenvalue weighted by molar-refractivity contribution is 0.606. The van der Waals surface area contributed by atoms with E-state index in [0.717, 1.165) is 24.2 Å². The van der Waals surface area contributed by atoms with Gasteiger partial charge < -0.3 is 5.73 Å². The quantitative estimate of drug-likeness (QED) is 0.828. The van der Waals surface area contributed by atoms with E-state index >= 15 is 0 Å². The molecular weight excluding hydrogens is 217 g/mol. The molecule has 0 atom stereocenters. The monoisotopic (exact) mass is 233 g/mol. The molecule has 2 aromatic rings. The highest BCUT2D eigenvalue weighted by Crippen LogP contribution is 2.19. The molecule has 0 bridgehead atoms. The van der Waals surface area contributed by atoms with Gasteiger partial charge in [0.25, 0.3) is 0 Å². The first-order valence-corrected chi connectivity index (χ1v) is 5.79. The fraction of sp³-hybridized carbons (Fsp3) is 0.308. The van der Waals surface area contributed by atoms with Crippen LogP contribution in [0.2, 0.25) is 0 Å². The molecule has 17 heavy (non-hydrogen) atoms. The van der Waals surface area contributed by atoms with Crippen molar-refractivity contribution in [1.29, 1.82) is 0 Å². The van der Waals surface area contributed by atoms with E-state index < -0.39 is 0 Å². The maximum absolute atomic E-state index is 13.8. The highest BCUT2D eigenvalue weighted by molar-refractivity contribution is 5.46. The van der Waals surface area contributed by atoms with E-state index in [1.165, 1.54) is 6.07 Å². The number of halogens is 1. The average molecular weight is 233 g/mol. The molecule has 1 aromatic carbocycles. The second-order valence-electron chi connectivity index (χ2n) is 3.96. The summed E-state index contributed by atoms with van der Waals surface area (Å²) in [6, 6.07) is 6.68. The number of hydrogen-bond acceptors (Lipinski definition) is 2. The van der Waals surface area contributed by atoms with Gasteiger partial charge in [0.1, 0.15) is 5.69 Å². The predicted octanol–water partition coefficient (Wildman–Crippen LogP) is 2.72. The van der Waals surface area contributed by atoms with Crippen LogP contribution in [0.1, 0.15) is 25.2 Å². The zero-order chi connectivity index (χ0) is 12.4. The molecule has 0 fully saturated rings. The number of nitrogens with zero attached hydrogens (tertiary/aromatic N) is 2. The number of aromatic nitrogens is 2. The number of anilines is 1. The summed E-state index contributed by atoms with van der Waals surface area (Å²) in [6.45, 7) is 4.06. The van der Waals surface area contributed by atoms with Gasteiger partial charge in [-0.05, 0) is 37.1 Å². The molecule has 0 aliphatic heterocycles. The molecule has 0 spiro atoms. The molecule has 4 heteroatoms. The Balaban J connectivity index is 2.55. The third kappa shape index (κ3) is 2.16. The van der Waals surface area contributed by atoms with Crippen molar-refractivity contribution in [2.24, 2.45) is 0 Å². The van der Waals surface area contributed by atoms with Crippen LogP contribution in [0.5, 0.6) is 0 Å². The van der Waals surface area contributed by atoms with Crippen LogP contribution < -0.4 is 5.73 Å². The van der Waals surface area contributed by atoms with Crippen LogP contribution >= 0.6 is 0 Å². The van der Waals surface area contributed by atoms with Crippen molar-refractivity contribution >= 4 is 5.69 Å². The fourth-order valence-electron chi connectivity index (χ4n) is 1.80. The lowest BCUT2D eigenvalue weighted by atomic mass is 10.2. The van der Waals surface area contributed by atoms with E-state index in [1.54, 1.807) is 16.8 Å². The average Bonchev–Trinajstić information content (AvgIpc) is 2.72. The summed E-state index contributed by atoms with van der Waals surface area (Å²) in [5.74, 6) is -0.342. The lowest BCUT2D eigenvalue weighted by Gasteiger charge is -2.07. The minimum absolute atomic E-state index is 0.342. The number of nitrogen functional groups attached to an aromatic ring is 1. The van der Waals surface area contributed by atoms with Crippen LogP contribution in [0.4, 0.5) is 10.1 Å². The van der Waals surface area contributed by atoms with Crippen molar-refractivity contribution in [3.05, 3.63) is 41.5 Å². The Hall–Kier alpha value is -1.84. The summed E-state index contributed by atoms with van der Waals surface area (Å²) in [5.41, 5.74) is 8.39. The molecule has 90 valence electrons. The summed E-state index contributed by atoms with van der Waals surface area (Å²) in [6.07, 6.45) is 1.66. The van der Waals surface area contributed by atoms with E-state index in [0.29, 0.717) is 11.4 Å². The second-order valence-corrected chi connectivity index (χ2v) is 3.96. The van der Waals surface area contributed by atoms with E-state index in [2.05, 4.69) is 5.10 Å². The third-order valence-electron chi connectivity index (χ3n) is 2.76. The second kappa shape index (κ2) is 4.57. The molecule has 2 N–H and O–H groups in total. The minimum atomic E-state index is -0.342. The lowest BCUT2D eigenvalue weighted by Crippen LogP contribution is -2.04. The summed E-state index contributed by atoms with van der Waals surface area (Å²) < 4.78 is 15.5. The predicted molar refractivity (Wildman–Crippen MR) is 66.7 cm³/mol. The number of rotatable bonds is 3. The van der Waals surface area contributed by atoms with Gasteiger partial charge >= 0.3 is 0 Å². The van der Waals surface area contributed by atoms with Crippen LogP contribution in [0.25, 0.3) is 5.69 Å². The maximum atomic E-state index is 13.8. The van der Waals surface area contributed by atoms with Crippen molar-refractivity contribution < 1.29 is 4.39 Å². The van der Waals surface area contributed by atoms with Gasteiger partial charge in [-0.2, -0.15) is 5.10 Å². The molecule has 0 radical (unpaired) electrons. The molecule has 1 heterocycles. The van der Waals surface area contributed by atoms with Gasteiger partial charge in [0, 0.05) is 11.4 Å². The third-order valence-corrected chi connectivity index (χ3v) is 2.76. The largest absolute Gasteiger partial charge is 0.399 e. The molecule has 0 unspecified atom stereocenters. The number of hydrogen-bond donors (Lipinski definition) is 1. The van der Waals surface area contributed by atoms with Crippen molar-refractivity contribution in [2.75, 3.05) is 5.73 Å². The zero-order valence-corrected chi connectivity index (χ0v) is 10.1. The highest BCUT2D eigenvalue weighted by Gasteiger charge is 2.11. The van der Waals surface area contributed by atoms with Crippen LogP contribution in [0, 0.1) is 5.82 Å². The number of aryl methyl sites for hydroxylation is 2. The van der Waals surface area contributed by atoms with Crippen molar-refractivity contribution in [1.82, 2.24) is 9.78 Å². The van der Waals surface area contributed by atoms with Gasteiger partial charge in [-0.3, -0.25) is 0 Å². The molecule has 0 saturated carbocycles. The van der Waals surface area contributed by atoms with Crippen LogP contribution in [0.3, 0.4) is 0 Å². The first-order chi connectivity index (χ1) is 8.15. The molecule has 0 aliphatic rings. The first kappa shape index (κ1) is 11.6. The fourth-order valence-corrected chi connectivity index (χ4v) is 1.80. The molecule has 1 aromatic heterocycles. The highest BCUT2D eigenvalue weighted by atomic mass is 19.1. The minimum Gasteiger partial charge on any atom is -0.399 e. The van der Waals surface area contributed by atoms with Gasteiger partial charge in [-0.1, -0.05) is 13.8 Å². The Labute approximate surface area is 100 Å². The van der Waals surface area contributed by atoms with Crippen molar-refractivity contribution in [3.8, 4) is 5.69 Å². The summed E-state index contributed by atoms with van der Waals surface area (Å²) >= 11 is 0. The van der Waals surface area contributed by atoms with Crippen LogP contribution in [0.15, 0.2) is 24.3 Å². The maximum Gasteiger partial charge on any atom is 0.150 e. The molecule has 0 amide bonds. The van der Waals surface area contributed by atoms with E-state index in [4.69, 9.17) is 5.73 Å². The zero-order valence-electron chi connectivity index (χ0n) is 10.1. The molecule has 2 rings (SSSR count). The molecule has 3 nitrogen and oxygen atoms in total. The van der Waals surface area contributed by atoms with Gasteiger partial charge in [0.05, 0.1) is 5.69 Å². The van der Waals surface area contributed by atoms with Crippen molar-refractivity contribution in [2.45, 2.75) is 26.7 Å². The van der Waals surface area contributed by atoms with Gasteiger partial charge in [-0.25, -0.2) is 9.07 Å². The van der Waals surface area contributed by atoms with Crippen LogP contribution in [-0.2, 0) is 12.8 Å². The number of benzene rings is 1. The molecule has 0 aliphatic carbocycles. The SMILES string of the molecule is CCc1cc(CC)n(-c2ccc(N)cc2F)n1. The summed E-state index contributed by atoms with van der Waals surface area (Å²) in [7, 11) is 0. The standard InChI is InChI=1S/C13H16FN3/c1-3-10-8-11(4-2)17(16-10)13-6-5-9(15)7-12(13)14/h5-8H,3-4,15H2,1-2H3. The van der Waals surface area contributed by atoms with Crippen LogP contribution in [-0.4, -0.2) is 9.78 Å². The Bertz CT molecular complexity index is 531. The first-order valence-electron chi connectivity index (χ1n) is 5.79. The molecule has 0 saturated heterocycles. The Morgan fingerprint density at radius 1 is 1.24 bits per heavy atom. The van der Waals surface area contributed by atoms with E-state index in [-0.39, 0.29) is 5.82 Å². The van der Waals surface area contributed by atoms with E-state index in [1.807, 2.05) is 19.9 Å².